The van der Waals surface area contributed by atoms with Gasteiger partial charge in [-0.15, -0.1) is 0 Å². The summed E-state index contributed by atoms with van der Waals surface area (Å²) in [5.41, 5.74) is 0. The van der Waals surface area contributed by atoms with Gasteiger partial charge in [-0.2, -0.15) is 0 Å². The minimum atomic E-state index is -0.546. The molecule has 74 valence electrons. The van der Waals surface area contributed by atoms with Crippen molar-refractivity contribution in [1.82, 2.24) is 0 Å². The summed E-state index contributed by atoms with van der Waals surface area (Å²) in [6.45, 7) is 0. The highest BCUT2D eigenvalue weighted by atomic mass is 16.4. The number of aryl methyl sites for hydroxylation is 1. The van der Waals surface area contributed by atoms with Crippen LogP contribution in [0.1, 0.15) is 24.0 Å². The predicted molar refractivity (Wildman–Crippen MR) is 50.7 cm³/mol. The van der Waals surface area contributed by atoms with Crippen molar-refractivity contribution in [3.05, 3.63) is 48.3 Å². The first kappa shape index (κ1) is 9.09. The van der Waals surface area contributed by atoms with Gasteiger partial charge in [0.15, 0.2) is 0 Å². The Hall–Kier alpha value is -1.48. The van der Waals surface area contributed by atoms with E-state index >= 15 is 0 Å². The molecule has 3 heteroatoms. The summed E-state index contributed by atoms with van der Waals surface area (Å²) in [4.78, 5) is 0. The first-order valence-corrected chi connectivity index (χ1v) is 4.60. The summed E-state index contributed by atoms with van der Waals surface area (Å²) >= 11 is 0. The van der Waals surface area contributed by atoms with Crippen molar-refractivity contribution in [3.63, 3.8) is 0 Å². The molecule has 0 saturated heterocycles. The maximum atomic E-state index is 9.67. The van der Waals surface area contributed by atoms with Crippen molar-refractivity contribution < 1.29 is 13.9 Å². The minimum Gasteiger partial charge on any atom is -0.469 e. The van der Waals surface area contributed by atoms with E-state index in [0.717, 1.165) is 12.2 Å². The zero-order chi connectivity index (χ0) is 9.80. The molecule has 0 fully saturated rings. The lowest BCUT2D eigenvalue weighted by atomic mass is 10.1. The van der Waals surface area contributed by atoms with Gasteiger partial charge in [-0.25, -0.2) is 0 Å². The number of rotatable bonds is 4. The molecule has 1 atom stereocenters. The third kappa shape index (κ3) is 2.06. The van der Waals surface area contributed by atoms with Gasteiger partial charge in [0, 0.05) is 6.42 Å². The Morgan fingerprint density at radius 1 is 1.14 bits per heavy atom. The quantitative estimate of drug-likeness (QED) is 0.809. The maximum absolute atomic E-state index is 9.67. The van der Waals surface area contributed by atoms with Crippen LogP contribution in [0.2, 0.25) is 0 Å². The molecule has 0 radical (unpaired) electrons. The van der Waals surface area contributed by atoms with Crippen LogP contribution in [0.15, 0.2) is 45.6 Å². The first-order chi connectivity index (χ1) is 6.86. The second-order valence-corrected chi connectivity index (χ2v) is 3.15. The third-order valence-electron chi connectivity index (χ3n) is 2.12. The van der Waals surface area contributed by atoms with E-state index in [1.807, 2.05) is 12.1 Å². The first-order valence-electron chi connectivity index (χ1n) is 4.60. The summed E-state index contributed by atoms with van der Waals surface area (Å²) in [6.07, 6.45) is 3.98. The fraction of sp³-hybridized carbons (Fsp3) is 0.273. The molecular formula is C11H12O3. The number of hydrogen-bond acceptors (Lipinski definition) is 3. The third-order valence-corrected chi connectivity index (χ3v) is 2.12. The summed E-state index contributed by atoms with van der Waals surface area (Å²) in [6, 6.07) is 7.28. The molecule has 2 aromatic rings. The standard InChI is InChI=1S/C11H12O3/c12-10(11-4-2-8-14-11)6-5-9-3-1-7-13-9/h1-4,7-8,10,12H,5-6H2. The van der Waals surface area contributed by atoms with Gasteiger partial charge in [-0.1, -0.05) is 0 Å². The van der Waals surface area contributed by atoms with E-state index in [2.05, 4.69) is 0 Å². The van der Waals surface area contributed by atoms with Crippen LogP contribution in [-0.2, 0) is 6.42 Å². The van der Waals surface area contributed by atoms with E-state index in [1.165, 1.54) is 0 Å². The number of hydrogen-bond donors (Lipinski definition) is 1. The van der Waals surface area contributed by atoms with Gasteiger partial charge in [-0.05, 0) is 30.7 Å². The van der Waals surface area contributed by atoms with Crippen molar-refractivity contribution in [2.24, 2.45) is 0 Å². The molecular weight excluding hydrogens is 180 g/mol. The SMILES string of the molecule is OC(CCc1ccco1)c1ccco1. The molecule has 2 aromatic heterocycles. The topological polar surface area (TPSA) is 46.5 Å². The molecule has 0 bridgehead atoms. The van der Waals surface area contributed by atoms with Gasteiger partial charge in [0.05, 0.1) is 12.5 Å². The molecule has 0 saturated carbocycles. The molecule has 1 N–H and O–H groups in total. The highest BCUT2D eigenvalue weighted by Crippen LogP contribution is 2.19. The highest BCUT2D eigenvalue weighted by molar-refractivity contribution is 5.04. The lowest BCUT2D eigenvalue weighted by Crippen LogP contribution is -1.97. The van der Waals surface area contributed by atoms with E-state index in [9.17, 15) is 5.11 Å². The monoisotopic (exact) mass is 192 g/mol. The van der Waals surface area contributed by atoms with Crippen molar-refractivity contribution in [2.45, 2.75) is 18.9 Å². The molecule has 0 aromatic carbocycles. The van der Waals surface area contributed by atoms with Crippen molar-refractivity contribution in [3.8, 4) is 0 Å². The second kappa shape index (κ2) is 4.15. The van der Waals surface area contributed by atoms with Gasteiger partial charge >= 0.3 is 0 Å². The minimum absolute atomic E-state index is 0.546. The smallest absolute Gasteiger partial charge is 0.132 e. The van der Waals surface area contributed by atoms with Gasteiger partial charge < -0.3 is 13.9 Å². The Labute approximate surface area is 82.0 Å². The summed E-state index contributed by atoms with van der Waals surface area (Å²) in [5.74, 6) is 1.49. The Morgan fingerprint density at radius 2 is 1.93 bits per heavy atom. The molecule has 2 heterocycles. The van der Waals surface area contributed by atoms with Crippen molar-refractivity contribution in [2.75, 3.05) is 0 Å². The average molecular weight is 192 g/mol. The van der Waals surface area contributed by atoms with Crippen LogP contribution in [0.4, 0.5) is 0 Å². The molecule has 0 aliphatic carbocycles. The molecule has 3 nitrogen and oxygen atoms in total. The van der Waals surface area contributed by atoms with E-state index in [0.29, 0.717) is 12.2 Å². The van der Waals surface area contributed by atoms with Crippen molar-refractivity contribution >= 4 is 0 Å². The van der Waals surface area contributed by atoms with Gasteiger partial charge in [0.2, 0.25) is 0 Å². The second-order valence-electron chi connectivity index (χ2n) is 3.15. The summed E-state index contributed by atoms with van der Waals surface area (Å²) in [7, 11) is 0. The summed E-state index contributed by atoms with van der Waals surface area (Å²) < 4.78 is 10.2. The van der Waals surface area contributed by atoms with E-state index in [-0.39, 0.29) is 0 Å². The lowest BCUT2D eigenvalue weighted by Gasteiger charge is -2.05. The molecule has 0 aliphatic rings. The number of aliphatic hydroxyl groups excluding tert-OH is 1. The van der Waals surface area contributed by atoms with E-state index in [4.69, 9.17) is 8.83 Å². The van der Waals surface area contributed by atoms with E-state index in [1.54, 1.807) is 24.7 Å². The normalized spacial score (nSPS) is 12.9. The number of furan rings is 2. The van der Waals surface area contributed by atoms with Crippen LogP contribution in [0.25, 0.3) is 0 Å². The molecule has 0 amide bonds. The molecule has 0 spiro atoms. The molecule has 1 unspecified atom stereocenters. The van der Waals surface area contributed by atoms with Crippen LogP contribution >= 0.6 is 0 Å². The van der Waals surface area contributed by atoms with Crippen LogP contribution < -0.4 is 0 Å². The van der Waals surface area contributed by atoms with Crippen molar-refractivity contribution in [1.29, 1.82) is 0 Å². The Balaban J connectivity index is 1.87. The van der Waals surface area contributed by atoms with Crippen LogP contribution in [0.3, 0.4) is 0 Å². The van der Waals surface area contributed by atoms with Gasteiger partial charge in [0.1, 0.15) is 17.6 Å². The van der Waals surface area contributed by atoms with Crippen LogP contribution in [-0.4, -0.2) is 5.11 Å². The van der Waals surface area contributed by atoms with Crippen LogP contribution in [0.5, 0.6) is 0 Å². The molecule has 0 aliphatic heterocycles. The fourth-order valence-corrected chi connectivity index (χ4v) is 1.36. The Bertz CT molecular complexity index is 348. The maximum Gasteiger partial charge on any atom is 0.132 e. The highest BCUT2D eigenvalue weighted by Gasteiger charge is 2.10. The largest absolute Gasteiger partial charge is 0.469 e. The Morgan fingerprint density at radius 3 is 2.57 bits per heavy atom. The lowest BCUT2D eigenvalue weighted by molar-refractivity contribution is 0.138. The molecule has 14 heavy (non-hydrogen) atoms. The average Bonchev–Trinajstić information content (AvgIpc) is 2.87. The molecule has 2 rings (SSSR count). The Kier molecular flexibility index (Phi) is 2.70. The van der Waals surface area contributed by atoms with Gasteiger partial charge in [0.25, 0.3) is 0 Å². The fourth-order valence-electron chi connectivity index (χ4n) is 1.36. The zero-order valence-corrected chi connectivity index (χ0v) is 7.72. The summed E-state index contributed by atoms with van der Waals surface area (Å²) in [5, 5.41) is 9.67. The number of aliphatic hydroxyl groups is 1. The predicted octanol–water partition coefficient (Wildman–Crippen LogP) is 2.54. The van der Waals surface area contributed by atoms with Crippen LogP contribution in [0, 0.1) is 0 Å². The van der Waals surface area contributed by atoms with Gasteiger partial charge in [-0.3, -0.25) is 0 Å². The van der Waals surface area contributed by atoms with E-state index < -0.39 is 6.10 Å². The zero-order valence-electron chi connectivity index (χ0n) is 7.72.